The van der Waals surface area contributed by atoms with Gasteiger partial charge < -0.3 is 24.8 Å². The van der Waals surface area contributed by atoms with E-state index in [0.29, 0.717) is 5.75 Å². The van der Waals surface area contributed by atoms with Crippen LogP contribution in [-0.4, -0.2) is 31.3 Å². The van der Waals surface area contributed by atoms with Crippen LogP contribution < -0.4 is 24.8 Å². The monoisotopic (exact) mass is 404 g/mol. The minimum atomic E-state index is -3.73. The number of carbonyl (C=O) groups excluding carboxylic acids is 2. The quantitative estimate of drug-likeness (QED) is 0.723. The van der Waals surface area contributed by atoms with Crippen molar-refractivity contribution in [3.63, 3.8) is 0 Å². The highest BCUT2D eigenvalue weighted by molar-refractivity contribution is 6.00. The van der Waals surface area contributed by atoms with E-state index in [2.05, 4.69) is 20.1 Å². The third-order valence-corrected chi connectivity index (χ3v) is 3.96. The van der Waals surface area contributed by atoms with Crippen LogP contribution in [0.2, 0.25) is 0 Å². The van der Waals surface area contributed by atoms with Gasteiger partial charge in [-0.1, -0.05) is 12.1 Å². The highest BCUT2D eigenvalue weighted by Crippen LogP contribution is 2.42. The number of methoxy groups -OCH3 is 1. The molecule has 1 aliphatic heterocycles. The molecule has 1 unspecified atom stereocenters. The number of rotatable bonds is 6. The van der Waals surface area contributed by atoms with E-state index in [-0.39, 0.29) is 17.2 Å². The molecule has 2 N–H and O–H groups in total. The molecule has 2 aromatic rings. The predicted molar refractivity (Wildman–Crippen MR) is 101 cm³/mol. The Morgan fingerprint density at radius 2 is 1.79 bits per heavy atom. The average Bonchev–Trinajstić information content (AvgIpc) is 2.99. The van der Waals surface area contributed by atoms with E-state index in [4.69, 9.17) is 4.74 Å². The summed E-state index contributed by atoms with van der Waals surface area (Å²) in [5.41, 5.74) is 1.01. The molecule has 0 saturated heterocycles. The highest BCUT2D eigenvalue weighted by Gasteiger charge is 2.43. The number of alkyl halides is 2. The standard InChI is InChI=1S/C20H18F2N2O5/c1-12(23-18(25)10-5-13-3-7-15(27-2)8-4-13)19(26)24-14-6-9-16-17(11-14)29-20(21,22)28-16/h3-12H,1-2H3,(H,23,25)(H,24,26). The van der Waals surface area contributed by atoms with E-state index in [9.17, 15) is 18.4 Å². The normalized spacial score (nSPS) is 15.0. The minimum absolute atomic E-state index is 0.127. The molecule has 0 aliphatic carbocycles. The predicted octanol–water partition coefficient (Wildman–Crippen LogP) is 3.17. The Hall–Kier alpha value is -3.62. The molecular weight excluding hydrogens is 386 g/mol. The first-order valence-corrected chi connectivity index (χ1v) is 8.59. The molecule has 0 saturated carbocycles. The number of halogens is 2. The Morgan fingerprint density at radius 3 is 2.48 bits per heavy atom. The number of amides is 2. The Kier molecular flexibility index (Phi) is 5.67. The largest absolute Gasteiger partial charge is 0.586 e. The highest BCUT2D eigenvalue weighted by atomic mass is 19.3. The molecule has 1 heterocycles. The van der Waals surface area contributed by atoms with Crippen molar-refractivity contribution in [1.82, 2.24) is 5.32 Å². The second kappa shape index (κ2) is 8.17. The lowest BCUT2D eigenvalue weighted by Crippen LogP contribution is -2.40. The first-order chi connectivity index (χ1) is 13.8. The molecule has 0 fully saturated rings. The molecule has 7 nitrogen and oxygen atoms in total. The molecule has 0 spiro atoms. The number of nitrogens with one attached hydrogen (secondary N) is 2. The fourth-order valence-electron chi connectivity index (χ4n) is 2.49. The second-order valence-corrected chi connectivity index (χ2v) is 6.16. The van der Waals surface area contributed by atoms with E-state index in [1.165, 1.54) is 31.2 Å². The molecule has 0 bridgehead atoms. The molecule has 0 radical (unpaired) electrons. The maximum atomic E-state index is 13.0. The van der Waals surface area contributed by atoms with Crippen LogP contribution in [-0.2, 0) is 9.59 Å². The van der Waals surface area contributed by atoms with Gasteiger partial charge in [-0.25, -0.2) is 0 Å². The Balaban J connectivity index is 1.54. The molecule has 9 heteroatoms. The topological polar surface area (TPSA) is 85.9 Å². The first-order valence-electron chi connectivity index (χ1n) is 8.59. The van der Waals surface area contributed by atoms with Gasteiger partial charge in [-0.15, -0.1) is 8.78 Å². The number of ether oxygens (including phenoxy) is 3. The number of carbonyl (C=O) groups is 2. The van der Waals surface area contributed by atoms with E-state index in [0.717, 1.165) is 5.56 Å². The van der Waals surface area contributed by atoms with Crippen LogP contribution in [0.25, 0.3) is 6.08 Å². The zero-order valence-corrected chi connectivity index (χ0v) is 15.6. The number of hydrogen-bond acceptors (Lipinski definition) is 5. The zero-order chi connectivity index (χ0) is 21.0. The first kappa shape index (κ1) is 20.1. The fraction of sp³-hybridized carbons (Fsp3) is 0.200. The van der Waals surface area contributed by atoms with Crippen molar-refractivity contribution in [2.75, 3.05) is 12.4 Å². The van der Waals surface area contributed by atoms with Crippen molar-refractivity contribution in [3.05, 3.63) is 54.1 Å². The molecule has 0 aromatic heterocycles. The molecule has 1 aliphatic rings. The molecule has 2 amide bonds. The van der Waals surface area contributed by atoms with E-state index >= 15 is 0 Å². The second-order valence-electron chi connectivity index (χ2n) is 6.16. The van der Waals surface area contributed by atoms with E-state index < -0.39 is 24.2 Å². The lowest BCUT2D eigenvalue weighted by molar-refractivity contribution is -0.286. The third kappa shape index (κ3) is 5.22. The third-order valence-electron chi connectivity index (χ3n) is 3.96. The summed E-state index contributed by atoms with van der Waals surface area (Å²) in [7, 11) is 1.56. The van der Waals surface area contributed by atoms with Crippen LogP contribution in [0.1, 0.15) is 12.5 Å². The maximum Gasteiger partial charge on any atom is 0.586 e. The van der Waals surface area contributed by atoms with Gasteiger partial charge in [0.1, 0.15) is 11.8 Å². The summed E-state index contributed by atoms with van der Waals surface area (Å²) in [4.78, 5) is 24.2. The Labute approximate surface area is 165 Å². The van der Waals surface area contributed by atoms with Crippen molar-refractivity contribution < 1.29 is 32.6 Å². The van der Waals surface area contributed by atoms with Crippen molar-refractivity contribution >= 4 is 23.6 Å². The summed E-state index contributed by atoms with van der Waals surface area (Å²) < 4.78 is 39.8. The van der Waals surface area contributed by atoms with Gasteiger partial charge >= 0.3 is 6.29 Å². The van der Waals surface area contributed by atoms with Crippen molar-refractivity contribution in [2.24, 2.45) is 0 Å². The molecule has 29 heavy (non-hydrogen) atoms. The Morgan fingerprint density at radius 1 is 1.10 bits per heavy atom. The van der Waals surface area contributed by atoms with E-state index in [1.807, 2.05) is 0 Å². The van der Waals surface area contributed by atoms with Crippen LogP contribution in [0, 0.1) is 0 Å². The van der Waals surface area contributed by atoms with Crippen molar-refractivity contribution in [1.29, 1.82) is 0 Å². The van der Waals surface area contributed by atoms with Crippen molar-refractivity contribution in [3.8, 4) is 17.2 Å². The lowest BCUT2D eigenvalue weighted by atomic mass is 10.2. The summed E-state index contributed by atoms with van der Waals surface area (Å²) >= 11 is 0. The molecular formula is C20H18F2N2O5. The van der Waals surface area contributed by atoms with Gasteiger partial charge in [-0.3, -0.25) is 9.59 Å². The van der Waals surface area contributed by atoms with Gasteiger partial charge in [-0.2, -0.15) is 0 Å². The zero-order valence-electron chi connectivity index (χ0n) is 15.6. The summed E-state index contributed by atoms with van der Waals surface area (Å²) in [5.74, 6) is -0.607. The summed E-state index contributed by atoms with van der Waals surface area (Å²) in [6, 6.07) is 10.1. The maximum absolute atomic E-state index is 13.0. The summed E-state index contributed by atoms with van der Waals surface area (Å²) in [6.07, 6.45) is -0.839. The average molecular weight is 404 g/mol. The minimum Gasteiger partial charge on any atom is -0.497 e. The van der Waals surface area contributed by atoms with E-state index in [1.54, 1.807) is 37.5 Å². The van der Waals surface area contributed by atoms with Crippen LogP contribution in [0.5, 0.6) is 17.2 Å². The molecule has 1 atom stereocenters. The van der Waals surface area contributed by atoms with Crippen LogP contribution in [0.4, 0.5) is 14.5 Å². The number of fused-ring (bicyclic) bond motifs is 1. The van der Waals surface area contributed by atoms with Gasteiger partial charge in [0.2, 0.25) is 11.8 Å². The number of hydrogen-bond donors (Lipinski definition) is 2. The lowest BCUT2D eigenvalue weighted by Gasteiger charge is -2.13. The van der Waals surface area contributed by atoms with Gasteiger partial charge in [0.25, 0.3) is 0 Å². The summed E-state index contributed by atoms with van der Waals surface area (Å²) in [6.45, 7) is 1.50. The SMILES string of the molecule is COc1ccc(C=CC(=O)NC(C)C(=O)Nc2ccc3c(c2)OC(F)(F)O3)cc1. The summed E-state index contributed by atoms with van der Waals surface area (Å²) in [5, 5.41) is 5.04. The number of anilines is 1. The van der Waals surface area contributed by atoms with Crippen LogP contribution >= 0.6 is 0 Å². The Bertz CT molecular complexity index is 944. The van der Waals surface area contributed by atoms with Crippen LogP contribution in [0.3, 0.4) is 0 Å². The van der Waals surface area contributed by atoms with Gasteiger partial charge in [0.15, 0.2) is 11.5 Å². The van der Waals surface area contributed by atoms with Gasteiger partial charge in [-0.05, 0) is 42.8 Å². The number of benzene rings is 2. The van der Waals surface area contributed by atoms with Gasteiger partial charge in [0.05, 0.1) is 7.11 Å². The fourth-order valence-corrected chi connectivity index (χ4v) is 2.49. The molecule has 152 valence electrons. The molecule has 3 rings (SSSR count). The molecule has 2 aromatic carbocycles. The van der Waals surface area contributed by atoms with Gasteiger partial charge in [0, 0.05) is 17.8 Å². The van der Waals surface area contributed by atoms with Crippen molar-refractivity contribution in [2.45, 2.75) is 19.3 Å². The van der Waals surface area contributed by atoms with Crippen LogP contribution in [0.15, 0.2) is 48.5 Å². The smallest absolute Gasteiger partial charge is 0.497 e.